The standard InChI is InChI=1S/C16H17N3OS/c1-2-9-17-16-19-14(10-21-16)11-5-7-13(8-6-11)18-15(20)12-3-4-12/h2,5-8,10,12H,1,3-4,9H2,(H,17,19)(H,18,20). The molecule has 1 amide bonds. The van der Waals surface area contributed by atoms with Crippen LogP contribution in [-0.2, 0) is 4.79 Å². The summed E-state index contributed by atoms with van der Waals surface area (Å²) in [6.45, 7) is 4.38. The second-order valence-electron chi connectivity index (χ2n) is 5.05. The lowest BCUT2D eigenvalue weighted by Crippen LogP contribution is -2.12. The van der Waals surface area contributed by atoms with E-state index in [4.69, 9.17) is 0 Å². The molecule has 108 valence electrons. The van der Waals surface area contributed by atoms with Gasteiger partial charge in [-0.2, -0.15) is 0 Å². The SMILES string of the molecule is C=CCNc1nc(-c2ccc(NC(=O)C3CC3)cc2)cs1. The van der Waals surface area contributed by atoms with Crippen molar-refractivity contribution < 1.29 is 4.79 Å². The maximum atomic E-state index is 11.7. The Morgan fingerprint density at radius 2 is 2.14 bits per heavy atom. The van der Waals surface area contributed by atoms with Crippen molar-refractivity contribution in [1.82, 2.24) is 4.98 Å². The van der Waals surface area contributed by atoms with Crippen LogP contribution in [0.2, 0.25) is 0 Å². The van der Waals surface area contributed by atoms with Gasteiger partial charge in [0.2, 0.25) is 5.91 Å². The lowest BCUT2D eigenvalue weighted by molar-refractivity contribution is -0.117. The van der Waals surface area contributed by atoms with Gasteiger partial charge in [-0.05, 0) is 25.0 Å². The zero-order valence-corrected chi connectivity index (χ0v) is 12.5. The molecule has 0 unspecified atom stereocenters. The third-order valence-corrected chi connectivity index (χ3v) is 4.10. The summed E-state index contributed by atoms with van der Waals surface area (Å²) in [5, 5.41) is 9.01. The van der Waals surface area contributed by atoms with E-state index in [-0.39, 0.29) is 11.8 Å². The molecule has 2 N–H and O–H groups in total. The topological polar surface area (TPSA) is 54.0 Å². The van der Waals surface area contributed by atoms with Gasteiger partial charge in [-0.15, -0.1) is 17.9 Å². The van der Waals surface area contributed by atoms with Crippen molar-refractivity contribution in [3.63, 3.8) is 0 Å². The Morgan fingerprint density at radius 1 is 1.38 bits per heavy atom. The summed E-state index contributed by atoms with van der Waals surface area (Å²) in [5.41, 5.74) is 2.82. The molecule has 1 aliphatic rings. The van der Waals surface area contributed by atoms with Crippen molar-refractivity contribution in [2.24, 2.45) is 5.92 Å². The molecule has 1 aliphatic carbocycles. The van der Waals surface area contributed by atoms with Crippen LogP contribution >= 0.6 is 11.3 Å². The number of hydrogen-bond acceptors (Lipinski definition) is 4. The van der Waals surface area contributed by atoms with E-state index in [0.29, 0.717) is 6.54 Å². The van der Waals surface area contributed by atoms with Crippen LogP contribution in [0, 0.1) is 5.92 Å². The van der Waals surface area contributed by atoms with Gasteiger partial charge >= 0.3 is 0 Å². The van der Waals surface area contributed by atoms with Gasteiger partial charge in [-0.25, -0.2) is 4.98 Å². The monoisotopic (exact) mass is 299 g/mol. The number of aromatic nitrogens is 1. The predicted octanol–water partition coefficient (Wildman–Crippen LogP) is 3.76. The van der Waals surface area contributed by atoms with Gasteiger partial charge in [0, 0.05) is 29.1 Å². The fourth-order valence-electron chi connectivity index (χ4n) is 1.96. The number of carbonyl (C=O) groups is 1. The highest BCUT2D eigenvalue weighted by molar-refractivity contribution is 7.14. The molecule has 4 nitrogen and oxygen atoms in total. The summed E-state index contributed by atoms with van der Waals surface area (Å²) in [6.07, 6.45) is 3.84. The van der Waals surface area contributed by atoms with Crippen molar-refractivity contribution in [1.29, 1.82) is 0 Å². The summed E-state index contributed by atoms with van der Waals surface area (Å²) in [6, 6.07) is 7.81. The minimum atomic E-state index is 0.132. The fraction of sp³-hybridized carbons (Fsp3) is 0.250. The Morgan fingerprint density at radius 3 is 2.81 bits per heavy atom. The molecule has 0 atom stereocenters. The number of thiazole rings is 1. The Balaban J connectivity index is 1.66. The summed E-state index contributed by atoms with van der Waals surface area (Å²) in [7, 11) is 0. The van der Waals surface area contributed by atoms with Crippen molar-refractivity contribution in [3.05, 3.63) is 42.3 Å². The van der Waals surface area contributed by atoms with E-state index in [1.54, 1.807) is 17.4 Å². The van der Waals surface area contributed by atoms with Gasteiger partial charge in [0.25, 0.3) is 0 Å². The molecule has 1 aromatic carbocycles. The van der Waals surface area contributed by atoms with E-state index in [2.05, 4.69) is 22.2 Å². The molecule has 0 aliphatic heterocycles. The largest absolute Gasteiger partial charge is 0.358 e. The minimum Gasteiger partial charge on any atom is -0.358 e. The zero-order chi connectivity index (χ0) is 14.7. The van der Waals surface area contributed by atoms with Crippen LogP contribution in [0.25, 0.3) is 11.3 Å². The van der Waals surface area contributed by atoms with Crippen LogP contribution in [0.3, 0.4) is 0 Å². The number of amides is 1. The van der Waals surface area contributed by atoms with Crippen LogP contribution in [0.15, 0.2) is 42.3 Å². The number of anilines is 2. The second-order valence-corrected chi connectivity index (χ2v) is 5.91. The zero-order valence-electron chi connectivity index (χ0n) is 11.6. The Labute approximate surface area is 127 Å². The molecule has 0 bridgehead atoms. The number of nitrogens with one attached hydrogen (secondary N) is 2. The normalized spacial score (nSPS) is 13.7. The van der Waals surface area contributed by atoms with Crippen LogP contribution < -0.4 is 10.6 Å². The molecule has 1 aromatic heterocycles. The molecule has 3 rings (SSSR count). The first kappa shape index (κ1) is 13.8. The average molecular weight is 299 g/mol. The summed E-state index contributed by atoms with van der Waals surface area (Å²) >= 11 is 1.57. The summed E-state index contributed by atoms with van der Waals surface area (Å²) in [5.74, 6) is 0.356. The van der Waals surface area contributed by atoms with Gasteiger partial charge in [-0.1, -0.05) is 18.2 Å². The van der Waals surface area contributed by atoms with Crippen LogP contribution in [0.4, 0.5) is 10.8 Å². The first-order valence-electron chi connectivity index (χ1n) is 6.98. The van der Waals surface area contributed by atoms with E-state index >= 15 is 0 Å². The minimum absolute atomic E-state index is 0.132. The number of carbonyl (C=O) groups excluding carboxylic acids is 1. The highest BCUT2D eigenvalue weighted by Crippen LogP contribution is 2.31. The van der Waals surface area contributed by atoms with Crippen LogP contribution in [0.1, 0.15) is 12.8 Å². The van der Waals surface area contributed by atoms with Crippen molar-refractivity contribution in [3.8, 4) is 11.3 Å². The van der Waals surface area contributed by atoms with Gasteiger partial charge in [0.05, 0.1) is 5.69 Å². The van der Waals surface area contributed by atoms with E-state index in [1.165, 1.54) is 0 Å². The molecule has 1 fully saturated rings. The Hall–Kier alpha value is -2.14. The van der Waals surface area contributed by atoms with Crippen molar-refractivity contribution in [2.45, 2.75) is 12.8 Å². The third-order valence-electron chi connectivity index (χ3n) is 3.30. The molecule has 2 aromatic rings. The number of nitrogens with zero attached hydrogens (tertiary/aromatic N) is 1. The van der Waals surface area contributed by atoms with Gasteiger partial charge in [0.15, 0.2) is 5.13 Å². The molecular weight excluding hydrogens is 282 g/mol. The Bertz CT molecular complexity index is 644. The highest BCUT2D eigenvalue weighted by atomic mass is 32.1. The maximum absolute atomic E-state index is 11.7. The maximum Gasteiger partial charge on any atom is 0.227 e. The molecule has 1 heterocycles. The quantitative estimate of drug-likeness (QED) is 0.799. The fourth-order valence-corrected chi connectivity index (χ4v) is 2.69. The van der Waals surface area contributed by atoms with E-state index < -0.39 is 0 Å². The van der Waals surface area contributed by atoms with E-state index in [9.17, 15) is 4.79 Å². The number of rotatable bonds is 6. The number of benzene rings is 1. The lowest BCUT2D eigenvalue weighted by atomic mass is 10.1. The van der Waals surface area contributed by atoms with Crippen LogP contribution in [-0.4, -0.2) is 17.4 Å². The van der Waals surface area contributed by atoms with Gasteiger partial charge in [0.1, 0.15) is 0 Å². The molecule has 0 saturated heterocycles. The van der Waals surface area contributed by atoms with Gasteiger partial charge in [-0.3, -0.25) is 4.79 Å². The molecule has 1 saturated carbocycles. The van der Waals surface area contributed by atoms with E-state index in [0.717, 1.165) is 34.9 Å². The number of hydrogen-bond donors (Lipinski definition) is 2. The molecular formula is C16H17N3OS. The predicted molar refractivity (Wildman–Crippen MR) is 87.6 cm³/mol. The van der Waals surface area contributed by atoms with Gasteiger partial charge < -0.3 is 10.6 Å². The molecule has 5 heteroatoms. The van der Waals surface area contributed by atoms with Crippen molar-refractivity contribution >= 4 is 28.1 Å². The summed E-state index contributed by atoms with van der Waals surface area (Å²) in [4.78, 5) is 16.2. The summed E-state index contributed by atoms with van der Waals surface area (Å²) < 4.78 is 0. The Kier molecular flexibility index (Phi) is 4.01. The molecule has 21 heavy (non-hydrogen) atoms. The second kappa shape index (κ2) is 6.10. The smallest absolute Gasteiger partial charge is 0.227 e. The molecule has 0 radical (unpaired) electrons. The average Bonchev–Trinajstić information content (AvgIpc) is 3.25. The third kappa shape index (κ3) is 3.49. The molecule has 0 spiro atoms. The highest BCUT2D eigenvalue weighted by Gasteiger charge is 2.29. The first-order chi connectivity index (χ1) is 10.3. The lowest BCUT2D eigenvalue weighted by Gasteiger charge is -2.04. The van der Waals surface area contributed by atoms with Crippen LogP contribution in [0.5, 0.6) is 0 Å². The van der Waals surface area contributed by atoms with Crippen molar-refractivity contribution in [2.75, 3.05) is 17.2 Å². The first-order valence-corrected chi connectivity index (χ1v) is 7.86. The van der Waals surface area contributed by atoms with E-state index in [1.807, 2.05) is 29.6 Å².